The normalized spacial score (nSPS) is 12.4. The highest BCUT2D eigenvalue weighted by atomic mass is 16.5. The van der Waals surface area contributed by atoms with Crippen LogP contribution in [0.1, 0.15) is 0 Å². The number of fused-ring (bicyclic) bond motifs is 13. The quantitative estimate of drug-likeness (QED) is 0.167. The Labute approximate surface area is 347 Å². The number of nitrogens with zero attached hydrogens (tertiary/aromatic N) is 4. The lowest BCUT2D eigenvalue weighted by atomic mass is 9.93. The van der Waals surface area contributed by atoms with Gasteiger partial charge in [0.1, 0.15) is 16.9 Å². The van der Waals surface area contributed by atoms with E-state index in [1.54, 1.807) is 6.20 Å². The molecule has 0 amide bonds. The summed E-state index contributed by atoms with van der Waals surface area (Å²) in [6.45, 7) is 0. The fourth-order valence-electron chi connectivity index (χ4n) is 9.92. The minimum Gasteiger partial charge on any atom is -0.455 e. The van der Waals surface area contributed by atoms with Gasteiger partial charge < -0.3 is 9.15 Å². The first-order valence-electron chi connectivity index (χ1n) is 20.5. The lowest BCUT2D eigenvalue weighted by molar-refractivity contribution is 0.467. The Kier molecular flexibility index (Phi) is 6.46. The van der Waals surface area contributed by atoms with Crippen LogP contribution in [-0.4, -0.2) is 19.5 Å². The highest BCUT2D eigenvalue weighted by Crippen LogP contribution is 2.50. The van der Waals surface area contributed by atoms with Crippen molar-refractivity contribution < 1.29 is 9.15 Å². The molecule has 9 aromatic carbocycles. The second kappa shape index (κ2) is 12.1. The van der Waals surface area contributed by atoms with Crippen molar-refractivity contribution >= 4 is 87.0 Å². The Bertz CT molecular complexity index is 4050. The molecule has 0 atom stereocenters. The molecule has 6 heteroatoms. The van der Waals surface area contributed by atoms with Crippen molar-refractivity contribution in [3.63, 3.8) is 0 Å². The second-order valence-corrected chi connectivity index (χ2v) is 15.9. The Morgan fingerprint density at radius 1 is 0.459 bits per heavy atom. The van der Waals surface area contributed by atoms with E-state index in [0.717, 1.165) is 115 Å². The maximum atomic E-state index is 6.71. The minimum atomic E-state index is 0.614. The molecule has 0 unspecified atom stereocenters. The first kappa shape index (κ1) is 32.6. The van der Waals surface area contributed by atoms with Gasteiger partial charge in [-0.15, -0.1) is 0 Å². The minimum absolute atomic E-state index is 0.614. The van der Waals surface area contributed by atoms with E-state index in [2.05, 4.69) is 167 Å². The third-order valence-electron chi connectivity index (χ3n) is 12.6. The summed E-state index contributed by atoms with van der Waals surface area (Å²) in [6.07, 6.45) is 1.77. The fourth-order valence-corrected chi connectivity index (χ4v) is 9.92. The van der Waals surface area contributed by atoms with Crippen molar-refractivity contribution in [3.8, 4) is 51.1 Å². The number of hydrogen-bond acceptors (Lipinski definition) is 5. The summed E-state index contributed by atoms with van der Waals surface area (Å²) in [6, 6.07) is 62.1. The van der Waals surface area contributed by atoms with Crippen molar-refractivity contribution in [2.75, 3.05) is 0 Å². The maximum absolute atomic E-state index is 6.71. The van der Waals surface area contributed by atoms with Gasteiger partial charge in [-0.25, -0.2) is 15.0 Å². The van der Waals surface area contributed by atoms with Gasteiger partial charge in [-0.2, -0.15) is 0 Å². The zero-order chi connectivity index (χ0) is 39.8. The van der Waals surface area contributed by atoms with Crippen molar-refractivity contribution in [2.24, 2.45) is 0 Å². The zero-order valence-corrected chi connectivity index (χ0v) is 32.4. The van der Waals surface area contributed by atoms with Crippen LogP contribution in [0.4, 0.5) is 0 Å². The molecular weight excluding hydrogens is 749 g/mol. The number of hydrogen-bond donors (Lipinski definition) is 0. The Hall–Kier alpha value is -8.35. The monoisotopic (exact) mass is 778 g/mol. The molecule has 14 rings (SSSR count). The molecule has 282 valence electrons. The molecule has 0 saturated heterocycles. The van der Waals surface area contributed by atoms with Gasteiger partial charge in [-0.3, -0.25) is 4.57 Å². The number of benzene rings is 9. The first-order chi connectivity index (χ1) is 30.2. The predicted octanol–water partition coefficient (Wildman–Crippen LogP) is 14.6. The topological polar surface area (TPSA) is 66.0 Å². The highest BCUT2D eigenvalue weighted by molar-refractivity contribution is 6.22. The maximum Gasteiger partial charge on any atom is 0.235 e. The molecule has 0 aliphatic carbocycles. The molecule has 0 spiro atoms. The van der Waals surface area contributed by atoms with Gasteiger partial charge in [0.25, 0.3) is 0 Å². The molecule has 0 saturated carbocycles. The fraction of sp³-hybridized carbons (Fsp3) is 0. The first-order valence-corrected chi connectivity index (χ1v) is 20.5. The number of pyridine rings is 1. The number of rotatable bonds is 3. The van der Waals surface area contributed by atoms with E-state index < -0.39 is 0 Å². The molecule has 13 aromatic rings. The van der Waals surface area contributed by atoms with E-state index in [9.17, 15) is 0 Å². The van der Waals surface area contributed by atoms with Crippen LogP contribution in [0.25, 0.3) is 126 Å². The molecule has 61 heavy (non-hydrogen) atoms. The molecule has 0 fully saturated rings. The van der Waals surface area contributed by atoms with Crippen LogP contribution in [-0.2, 0) is 0 Å². The summed E-state index contributed by atoms with van der Waals surface area (Å²) in [4.78, 5) is 15.6. The summed E-state index contributed by atoms with van der Waals surface area (Å²) < 4.78 is 15.3. The SMILES string of the molecule is c1cnc2c(c1)-c1cc3c4cc(-c5cccc6c7ccccc7n(-c7nc(-c8ccc9ccccc9c8)c8c(ccc9ccccc98)n7)c56)ccc4oc3c3cccc(c13)O2. The molecule has 0 radical (unpaired) electrons. The third kappa shape index (κ3) is 4.58. The van der Waals surface area contributed by atoms with Crippen molar-refractivity contribution in [1.29, 1.82) is 0 Å². The van der Waals surface area contributed by atoms with Gasteiger partial charge in [-0.1, -0.05) is 121 Å². The van der Waals surface area contributed by atoms with Crippen LogP contribution in [0.3, 0.4) is 0 Å². The van der Waals surface area contributed by atoms with Gasteiger partial charge in [0, 0.05) is 60.6 Å². The Morgan fingerprint density at radius 2 is 1.23 bits per heavy atom. The van der Waals surface area contributed by atoms with Crippen LogP contribution in [0.2, 0.25) is 0 Å². The van der Waals surface area contributed by atoms with Crippen molar-refractivity contribution in [1.82, 2.24) is 19.5 Å². The number of ether oxygens (including phenoxy) is 1. The van der Waals surface area contributed by atoms with Gasteiger partial charge in [0.15, 0.2) is 0 Å². The molecule has 0 N–H and O–H groups in total. The summed E-state index contributed by atoms with van der Waals surface area (Å²) in [5.74, 6) is 2.02. The van der Waals surface area contributed by atoms with E-state index in [0.29, 0.717) is 11.8 Å². The van der Waals surface area contributed by atoms with Crippen LogP contribution in [0.15, 0.2) is 187 Å². The lowest BCUT2D eigenvalue weighted by Crippen LogP contribution is -2.04. The third-order valence-corrected chi connectivity index (χ3v) is 12.6. The second-order valence-electron chi connectivity index (χ2n) is 15.9. The van der Waals surface area contributed by atoms with E-state index in [1.807, 2.05) is 18.2 Å². The van der Waals surface area contributed by atoms with E-state index in [1.165, 1.54) is 10.8 Å². The number of aromatic nitrogens is 4. The van der Waals surface area contributed by atoms with E-state index in [-0.39, 0.29) is 0 Å². The van der Waals surface area contributed by atoms with Crippen molar-refractivity contribution in [2.45, 2.75) is 0 Å². The molecule has 6 nitrogen and oxygen atoms in total. The van der Waals surface area contributed by atoms with Crippen molar-refractivity contribution in [3.05, 3.63) is 182 Å². The van der Waals surface area contributed by atoms with Crippen LogP contribution in [0.5, 0.6) is 11.6 Å². The average molecular weight is 779 g/mol. The molecule has 1 aliphatic heterocycles. The lowest BCUT2D eigenvalue weighted by Gasteiger charge is -2.20. The Morgan fingerprint density at radius 3 is 2.18 bits per heavy atom. The summed E-state index contributed by atoms with van der Waals surface area (Å²) in [7, 11) is 0. The predicted molar refractivity (Wildman–Crippen MR) is 248 cm³/mol. The van der Waals surface area contributed by atoms with Crippen LogP contribution < -0.4 is 4.74 Å². The van der Waals surface area contributed by atoms with Crippen LogP contribution >= 0.6 is 0 Å². The average Bonchev–Trinajstić information content (AvgIpc) is 3.87. The zero-order valence-electron chi connectivity index (χ0n) is 32.4. The molecule has 1 aliphatic rings. The molecular formula is C55H30N4O2. The standard InChI is InChI=1S/C55H30N4O2/c1-2-12-33-28-35(22-21-31(33)10-1)51-50-36-13-4-3-11-32(36)23-25-45(50)57-55(58-51)59-46-19-6-5-14-38(46)39-16-7-15-37(52(39)59)34-24-26-47-42(29-34)44-30-43-40-18-9-27-56-54(40)61-48-20-8-17-41(49(43)48)53(44)60-47/h1-30H. The van der Waals surface area contributed by atoms with Gasteiger partial charge >= 0.3 is 0 Å². The van der Waals surface area contributed by atoms with Crippen LogP contribution in [0, 0.1) is 0 Å². The van der Waals surface area contributed by atoms with E-state index in [4.69, 9.17) is 19.1 Å². The van der Waals surface area contributed by atoms with Gasteiger partial charge in [0.2, 0.25) is 11.8 Å². The number of furan rings is 1. The summed E-state index contributed by atoms with van der Waals surface area (Å²) >= 11 is 0. The molecule has 4 aromatic heterocycles. The van der Waals surface area contributed by atoms with E-state index >= 15 is 0 Å². The van der Waals surface area contributed by atoms with Gasteiger partial charge in [-0.05, 0) is 87.3 Å². The largest absolute Gasteiger partial charge is 0.455 e. The van der Waals surface area contributed by atoms with Gasteiger partial charge in [0.05, 0.1) is 22.2 Å². The molecule has 0 bridgehead atoms. The summed E-state index contributed by atoms with van der Waals surface area (Å²) in [5.41, 5.74) is 10.8. The highest BCUT2D eigenvalue weighted by Gasteiger charge is 2.26. The summed E-state index contributed by atoms with van der Waals surface area (Å²) in [5, 5.41) is 12.1. The number of para-hydroxylation sites is 2. The Balaban J connectivity index is 1.05. The molecule has 5 heterocycles. The smallest absolute Gasteiger partial charge is 0.235 e.